The summed E-state index contributed by atoms with van der Waals surface area (Å²) in [6.45, 7) is 4.74. The van der Waals surface area contributed by atoms with E-state index in [0.29, 0.717) is 13.1 Å². The fourth-order valence-electron chi connectivity index (χ4n) is 1.58. The molecular formula is C12H19N3O3. The molecule has 100 valence electrons. The summed E-state index contributed by atoms with van der Waals surface area (Å²) in [7, 11) is 0. The summed E-state index contributed by atoms with van der Waals surface area (Å²) < 4.78 is 2.40. The number of hydrogen-bond donors (Lipinski definition) is 1. The third-order valence-electron chi connectivity index (χ3n) is 2.48. The van der Waals surface area contributed by atoms with Gasteiger partial charge in [0.1, 0.15) is 6.54 Å². The van der Waals surface area contributed by atoms with E-state index in [2.05, 4.69) is 5.32 Å². The molecule has 18 heavy (non-hydrogen) atoms. The summed E-state index contributed by atoms with van der Waals surface area (Å²) >= 11 is 0. The molecule has 1 aromatic heterocycles. The maximum absolute atomic E-state index is 11.9. The van der Waals surface area contributed by atoms with E-state index in [-0.39, 0.29) is 12.5 Å². The normalized spacial score (nSPS) is 10.3. The van der Waals surface area contributed by atoms with Crippen LogP contribution in [0.2, 0.25) is 0 Å². The summed E-state index contributed by atoms with van der Waals surface area (Å²) in [4.78, 5) is 35.0. The van der Waals surface area contributed by atoms with Gasteiger partial charge in [0.2, 0.25) is 5.91 Å². The van der Waals surface area contributed by atoms with Crippen LogP contribution in [0.4, 0.5) is 0 Å². The van der Waals surface area contributed by atoms with Gasteiger partial charge in [-0.15, -0.1) is 0 Å². The minimum atomic E-state index is -0.445. The Labute approximate surface area is 105 Å². The highest BCUT2D eigenvalue weighted by Gasteiger charge is 2.08. The van der Waals surface area contributed by atoms with Crippen molar-refractivity contribution in [2.75, 3.05) is 6.54 Å². The molecule has 0 saturated heterocycles. The quantitative estimate of drug-likeness (QED) is 0.772. The minimum Gasteiger partial charge on any atom is -0.355 e. The number of aryl methyl sites for hydroxylation is 1. The van der Waals surface area contributed by atoms with Gasteiger partial charge in [-0.25, -0.2) is 4.79 Å². The summed E-state index contributed by atoms with van der Waals surface area (Å²) in [5, 5.41) is 2.64. The van der Waals surface area contributed by atoms with Crippen molar-refractivity contribution >= 4 is 5.91 Å². The van der Waals surface area contributed by atoms with Gasteiger partial charge in [-0.3, -0.25) is 14.2 Å². The number of amides is 1. The van der Waals surface area contributed by atoms with Gasteiger partial charge in [0.15, 0.2) is 0 Å². The minimum absolute atomic E-state index is 0.220. The van der Waals surface area contributed by atoms with E-state index >= 15 is 0 Å². The van der Waals surface area contributed by atoms with Crippen molar-refractivity contribution in [1.82, 2.24) is 14.5 Å². The highest BCUT2D eigenvalue weighted by Crippen LogP contribution is 1.84. The number of nitrogens with one attached hydrogen (secondary N) is 1. The molecule has 1 aromatic rings. The Morgan fingerprint density at radius 1 is 1.28 bits per heavy atom. The van der Waals surface area contributed by atoms with Crippen molar-refractivity contribution in [2.45, 2.75) is 39.8 Å². The molecule has 0 aromatic carbocycles. The second-order valence-electron chi connectivity index (χ2n) is 4.07. The van der Waals surface area contributed by atoms with Crippen LogP contribution in [0.1, 0.15) is 26.7 Å². The lowest BCUT2D eigenvalue weighted by Gasteiger charge is -2.09. The van der Waals surface area contributed by atoms with Gasteiger partial charge in [-0.2, -0.15) is 0 Å². The van der Waals surface area contributed by atoms with Crippen molar-refractivity contribution in [3.05, 3.63) is 33.1 Å². The zero-order valence-electron chi connectivity index (χ0n) is 10.8. The van der Waals surface area contributed by atoms with Crippen LogP contribution in [0.25, 0.3) is 0 Å². The van der Waals surface area contributed by atoms with Gasteiger partial charge in [-0.05, 0) is 12.8 Å². The fourth-order valence-corrected chi connectivity index (χ4v) is 1.58. The third-order valence-corrected chi connectivity index (χ3v) is 2.48. The summed E-state index contributed by atoms with van der Waals surface area (Å²) in [5.74, 6) is -0.315. The van der Waals surface area contributed by atoms with Crippen molar-refractivity contribution in [3.8, 4) is 0 Å². The molecule has 1 amide bonds. The van der Waals surface area contributed by atoms with E-state index in [0.717, 1.165) is 17.4 Å². The van der Waals surface area contributed by atoms with Gasteiger partial charge in [-0.1, -0.05) is 13.8 Å². The van der Waals surface area contributed by atoms with Gasteiger partial charge in [0.25, 0.3) is 5.56 Å². The molecule has 6 nitrogen and oxygen atoms in total. The number of carbonyl (C=O) groups is 1. The molecule has 0 atom stereocenters. The number of aromatic nitrogens is 2. The zero-order valence-corrected chi connectivity index (χ0v) is 10.8. The van der Waals surface area contributed by atoms with E-state index in [1.807, 2.05) is 13.8 Å². The standard InChI is InChI=1S/C12H19N3O3/c1-3-6-13-10(16)9-15-11(17)5-8-14(7-4-2)12(15)18/h5,8H,3-4,6-7,9H2,1-2H3,(H,13,16). The summed E-state index contributed by atoms with van der Waals surface area (Å²) in [5.41, 5.74) is -0.880. The van der Waals surface area contributed by atoms with E-state index in [1.54, 1.807) is 0 Å². The van der Waals surface area contributed by atoms with Crippen LogP contribution < -0.4 is 16.6 Å². The lowest BCUT2D eigenvalue weighted by Crippen LogP contribution is -2.43. The second-order valence-corrected chi connectivity index (χ2v) is 4.07. The Bertz CT molecular complexity index is 516. The molecule has 0 spiro atoms. The molecule has 1 N–H and O–H groups in total. The molecule has 0 saturated carbocycles. The number of rotatable bonds is 6. The number of nitrogens with zero attached hydrogens (tertiary/aromatic N) is 2. The fraction of sp³-hybridized carbons (Fsp3) is 0.583. The average Bonchev–Trinajstić information content (AvgIpc) is 2.35. The largest absolute Gasteiger partial charge is 0.355 e. The topological polar surface area (TPSA) is 73.1 Å². The van der Waals surface area contributed by atoms with Crippen LogP contribution in [0.15, 0.2) is 21.9 Å². The van der Waals surface area contributed by atoms with Crippen LogP contribution in [-0.2, 0) is 17.9 Å². The molecule has 0 aliphatic carbocycles. The molecule has 0 aliphatic rings. The number of hydrogen-bond acceptors (Lipinski definition) is 3. The Hall–Kier alpha value is -1.85. The van der Waals surface area contributed by atoms with Crippen molar-refractivity contribution < 1.29 is 4.79 Å². The smallest absolute Gasteiger partial charge is 0.331 e. The Morgan fingerprint density at radius 2 is 2.00 bits per heavy atom. The van der Waals surface area contributed by atoms with E-state index in [4.69, 9.17) is 0 Å². The Kier molecular flexibility index (Phi) is 5.35. The molecule has 0 bridgehead atoms. The second kappa shape index (κ2) is 6.78. The molecule has 0 unspecified atom stereocenters. The van der Waals surface area contributed by atoms with E-state index in [9.17, 15) is 14.4 Å². The predicted octanol–water partition coefficient (Wildman–Crippen LogP) is -0.0538. The molecule has 0 fully saturated rings. The van der Waals surface area contributed by atoms with Gasteiger partial charge in [0.05, 0.1) is 0 Å². The maximum atomic E-state index is 11.9. The first-order valence-corrected chi connectivity index (χ1v) is 6.17. The van der Waals surface area contributed by atoms with Crippen LogP contribution in [0, 0.1) is 0 Å². The lowest BCUT2D eigenvalue weighted by molar-refractivity contribution is -0.121. The Balaban J connectivity index is 2.94. The molecule has 6 heteroatoms. The van der Waals surface area contributed by atoms with E-state index in [1.165, 1.54) is 16.8 Å². The molecule has 0 radical (unpaired) electrons. The van der Waals surface area contributed by atoms with Gasteiger partial charge < -0.3 is 9.88 Å². The molecular weight excluding hydrogens is 234 g/mol. The highest BCUT2D eigenvalue weighted by molar-refractivity contribution is 5.75. The summed E-state index contributed by atoms with van der Waals surface area (Å²) in [6, 6.07) is 1.31. The summed E-state index contributed by atoms with van der Waals surface area (Å²) in [6.07, 6.45) is 3.07. The first kappa shape index (κ1) is 14.2. The lowest BCUT2D eigenvalue weighted by atomic mass is 10.4. The SMILES string of the molecule is CCCNC(=O)Cn1c(=O)ccn(CCC)c1=O. The average molecular weight is 253 g/mol. The molecule has 1 heterocycles. The van der Waals surface area contributed by atoms with Crippen LogP contribution >= 0.6 is 0 Å². The Morgan fingerprint density at radius 3 is 2.61 bits per heavy atom. The van der Waals surface area contributed by atoms with Crippen LogP contribution in [0.3, 0.4) is 0 Å². The highest BCUT2D eigenvalue weighted by atomic mass is 16.2. The monoisotopic (exact) mass is 253 g/mol. The molecule has 1 rings (SSSR count). The maximum Gasteiger partial charge on any atom is 0.331 e. The number of carbonyl (C=O) groups excluding carboxylic acids is 1. The van der Waals surface area contributed by atoms with E-state index < -0.39 is 11.2 Å². The van der Waals surface area contributed by atoms with Crippen LogP contribution in [-0.4, -0.2) is 21.6 Å². The van der Waals surface area contributed by atoms with Crippen molar-refractivity contribution in [2.24, 2.45) is 0 Å². The molecule has 0 aliphatic heterocycles. The van der Waals surface area contributed by atoms with Gasteiger partial charge in [0, 0.05) is 25.4 Å². The third kappa shape index (κ3) is 3.58. The van der Waals surface area contributed by atoms with Gasteiger partial charge >= 0.3 is 5.69 Å². The van der Waals surface area contributed by atoms with Crippen molar-refractivity contribution in [3.63, 3.8) is 0 Å². The zero-order chi connectivity index (χ0) is 13.5. The van der Waals surface area contributed by atoms with Crippen molar-refractivity contribution in [1.29, 1.82) is 0 Å². The predicted molar refractivity (Wildman–Crippen MR) is 68.6 cm³/mol. The first-order valence-electron chi connectivity index (χ1n) is 6.17. The first-order chi connectivity index (χ1) is 8.60. The van der Waals surface area contributed by atoms with Crippen LogP contribution in [0.5, 0.6) is 0 Å².